The van der Waals surface area contributed by atoms with Gasteiger partial charge in [-0.05, 0) is 36.9 Å². The van der Waals surface area contributed by atoms with E-state index < -0.39 is 23.4 Å². The Bertz CT molecular complexity index is 490. The normalized spacial score (nSPS) is 22.6. The van der Waals surface area contributed by atoms with Gasteiger partial charge in [0, 0.05) is 18.7 Å². The lowest BCUT2D eigenvalue weighted by Gasteiger charge is -2.34. The standard InChI is InChI=1S/C14H17F3N2O/c1-14(3-2-4-18-7-14)8-19-13(20)9-5-10(15)12(17)11(16)6-9/h5-6,18H,2-4,7-8H2,1H3,(H,19,20). The molecule has 0 aromatic heterocycles. The van der Waals surface area contributed by atoms with Gasteiger partial charge in [0.15, 0.2) is 17.5 Å². The maximum Gasteiger partial charge on any atom is 0.251 e. The van der Waals surface area contributed by atoms with Crippen LogP contribution >= 0.6 is 0 Å². The van der Waals surface area contributed by atoms with Gasteiger partial charge < -0.3 is 10.6 Å². The highest BCUT2D eigenvalue weighted by molar-refractivity contribution is 5.94. The van der Waals surface area contributed by atoms with E-state index in [0.717, 1.165) is 25.9 Å². The van der Waals surface area contributed by atoms with Gasteiger partial charge >= 0.3 is 0 Å². The number of rotatable bonds is 3. The predicted octanol–water partition coefficient (Wildman–Crippen LogP) is 2.22. The Labute approximate surface area is 115 Å². The molecular weight excluding hydrogens is 269 g/mol. The van der Waals surface area contributed by atoms with Crippen molar-refractivity contribution in [3.05, 3.63) is 35.1 Å². The molecule has 1 aromatic rings. The number of amides is 1. The highest BCUT2D eigenvalue weighted by atomic mass is 19.2. The van der Waals surface area contributed by atoms with Crippen LogP contribution in [-0.4, -0.2) is 25.5 Å². The van der Waals surface area contributed by atoms with Gasteiger partial charge in [-0.3, -0.25) is 4.79 Å². The van der Waals surface area contributed by atoms with E-state index in [4.69, 9.17) is 0 Å². The number of carbonyl (C=O) groups excluding carboxylic acids is 1. The van der Waals surface area contributed by atoms with E-state index in [2.05, 4.69) is 10.6 Å². The third-order valence-electron chi connectivity index (χ3n) is 3.61. The minimum absolute atomic E-state index is 0.0783. The second kappa shape index (κ2) is 5.83. The van der Waals surface area contributed by atoms with Crippen molar-refractivity contribution in [2.45, 2.75) is 19.8 Å². The van der Waals surface area contributed by atoms with Gasteiger partial charge in [0.05, 0.1) is 0 Å². The largest absolute Gasteiger partial charge is 0.351 e. The third kappa shape index (κ3) is 3.30. The van der Waals surface area contributed by atoms with Crippen molar-refractivity contribution in [1.82, 2.24) is 10.6 Å². The first-order valence-electron chi connectivity index (χ1n) is 6.55. The minimum atomic E-state index is -1.56. The highest BCUT2D eigenvalue weighted by Crippen LogP contribution is 2.24. The minimum Gasteiger partial charge on any atom is -0.351 e. The van der Waals surface area contributed by atoms with Crippen LogP contribution in [0, 0.1) is 22.9 Å². The second-order valence-corrected chi connectivity index (χ2v) is 5.53. The van der Waals surface area contributed by atoms with Crippen LogP contribution < -0.4 is 10.6 Å². The molecule has 20 heavy (non-hydrogen) atoms. The number of benzene rings is 1. The van der Waals surface area contributed by atoms with Crippen molar-refractivity contribution in [1.29, 1.82) is 0 Å². The third-order valence-corrected chi connectivity index (χ3v) is 3.61. The summed E-state index contributed by atoms with van der Waals surface area (Å²) >= 11 is 0. The topological polar surface area (TPSA) is 41.1 Å². The van der Waals surface area contributed by atoms with E-state index in [1.807, 2.05) is 6.92 Å². The van der Waals surface area contributed by atoms with Crippen LogP contribution in [0.3, 0.4) is 0 Å². The Hall–Kier alpha value is -1.56. The fourth-order valence-corrected chi connectivity index (χ4v) is 2.35. The zero-order valence-electron chi connectivity index (χ0n) is 11.2. The van der Waals surface area contributed by atoms with E-state index >= 15 is 0 Å². The average Bonchev–Trinajstić information content (AvgIpc) is 2.42. The molecule has 1 atom stereocenters. The SMILES string of the molecule is CC1(CNC(=O)c2cc(F)c(F)c(F)c2)CCCNC1. The molecule has 1 heterocycles. The highest BCUT2D eigenvalue weighted by Gasteiger charge is 2.27. The summed E-state index contributed by atoms with van der Waals surface area (Å²) in [7, 11) is 0. The molecule has 1 saturated heterocycles. The number of carbonyl (C=O) groups is 1. The van der Waals surface area contributed by atoms with Crippen LogP contribution in [0.4, 0.5) is 13.2 Å². The van der Waals surface area contributed by atoms with Crippen LogP contribution in [0.25, 0.3) is 0 Å². The summed E-state index contributed by atoms with van der Waals surface area (Å²) in [5.74, 6) is -4.89. The molecule has 1 fully saturated rings. The smallest absolute Gasteiger partial charge is 0.251 e. The quantitative estimate of drug-likeness (QED) is 0.837. The average molecular weight is 286 g/mol. The van der Waals surface area contributed by atoms with Crippen molar-refractivity contribution in [2.75, 3.05) is 19.6 Å². The summed E-state index contributed by atoms with van der Waals surface area (Å²) in [6.45, 7) is 4.17. The number of halogens is 3. The van der Waals surface area contributed by atoms with E-state index in [1.54, 1.807) is 0 Å². The van der Waals surface area contributed by atoms with E-state index in [-0.39, 0.29) is 11.0 Å². The molecular formula is C14H17F3N2O. The number of piperidine rings is 1. The zero-order chi connectivity index (χ0) is 14.8. The van der Waals surface area contributed by atoms with Gasteiger partial charge in [-0.2, -0.15) is 0 Å². The van der Waals surface area contributed by atoms with Crippen LogP contribution in [0.1, 0.15) is 30.1 Å². The van der Waals surface area contributed by atoms with Gasteiger partial charge in [-0.15, -0.1) is 0 Å². The van der Waals surface area contributed by atoms with Gasteiger partial charge in [-0.25, -0.2) is 13.2 Å². The van der Waals surface area contributed by atoms with Gasteiger partial charge in [0.1, 0.15) is 0 Å². The first kappa shape index (κ1) is 14.8. The Morgan fingerprint density at radius 1 is 1.35 bits per heavy atom. The summed E-state index contributed by atoms with van der Waals surface area (Å²) in [5, 5.41) is 5.89. The monoisotopic (exact) mass is 286 g/mol. The molecule has 0 spiro atoms. The molecule has 1 aromatic carbocycles. The molecule has 0 saturated carbocycles. The summed E-state index contributed by atoms with van der Waals surface area (Å²) in [4.78, 5) is 11.9. The summed E-state index contributed by atoms with van der Waals surface area (Å²) in [6, 6.07) is 1.41. The Morgan fingerprint density at radius 3 is 2.55 bits per heavy atom. The fourth-order valence-electron chi connectivity index (χ4n) is 2.35. The molecule has 110 valence electrons. The van der Waals surface area contributed by atoms with Gasteiger partial charge in [0.25, 0.3) is 5.91 Å². The second-order valence-electron chi connectivity index (χ2n) is 5.53. The first-order chi connectivity index (χ1) is 9.41. The van der Waals surface area contributed by atoms with E-state index in [1.165, 1.54) is 0 Å². The Kier molecular flexibility index (Phi) is 4.32. The fraction of sp³-hybridized carbons (Fsp3) is 0.500. The van der Waals surface area contributed by atoms with Crippen molar-refractivity contribution in [2.24, 2.45) is 5.41 Å². The van der Waals surface area contributed by atoms with E-state index in [9.17, 15) is 18.0 Å². The summed E-state index contributed by atoms with van der Waals surface area (Å²) in [5.41, 5.74) is -0.292. The first-order valence-corrected chi connectivity index (χ1v) is 6.55. The molecule has 3 nitrogen and oxygen atoms in total. The van der Waals surface area contributed by atoms with E-state index in [0.29, 0.717) is 18.7 Å². The van der Waals surface area contributed by atoms with Crippen LogP contribution in [0.15, 0.2) is 12.1 Å². The summed E-state index contributed by atoms with van der Waals surface area (Å²) < 4.78 is 39.0. The molecule has 0 aliphatic carbocycles. The molecule has 1 aliphatic heterocycles. The molecule has 2 rings (SSSR count). The maximum atomic E-state index is 13.1. The molecule has 1 aliphatic rings. The predicted molar refractivity (Wildman–Crippen MR) is 68.9 cm³/mol. The Morgan fingerprint density at radius 2 is 2.00 bits per heavy atom. The summed E-state index contributed by atoms with van der Waals surface area (Å²) in [6.07, 6.45) is 1.98. The van der Waals surface area contributed by atoms with Crippen molar-refractivity contribution >= 4 is 5.91 Å². The Balaban J connectivity index is 2.01. The maximum absolute atomic E-state index is 13.1. The lowest BCUT2D eigenvalue weighted by molar-refractivity contribution is 0.0923. The molecule has 1 amide bonds. The van der Waals surface area contributed by atoms with Crippen LogP contribution in [0.2, 0.25) is 0 Å². The number of nitrogens with one attached hydrogen (secondary N) is 2. The van der Waals surface area contributed by atoms with Gasteiger partial charge in [-0.1, -0.05) is 6.92 Å². The van der Waals surface area contributed by atoms with Crippen molar-refractivity contribution in [3.63, 3.8) is 0 Å². The number of hydrogen-bond donors (Lipinski definition) is 2. The zero-order valence-corrected chi connectivity index (χ0v) is 11.2. The molecule has 0 radical (unpaired) electrons. The lowest BCUT2D eigenvalue weighted by atomic mass is 9.83. The number of hydrogen-bond acceptors (Lipinski definition) is 2. The molecule has 6 heteroatoms. The molecule has 2 N–H and O–H groups in total. The lowest BCUT2D eigenvalue weighted by Crippen LogP contribution is -2.45. The van der Waals surface area contributed by atoms with Gasteiger partial charge in [0.2, 0.25) is 0 Å². The van der Waals surface area contributed by atoms with Crippen LogP contribution in [0.5, 0.6) is 0 Å². The molecule has 0 bridgehead atoms. The molecule has 1 unspecified atom stereocenters. The van der Waals surface area contributed by atoms with Crippen LogP contribution in [-0.2, 0) is 0 Å². The van der Waals surface area contributed by atoms with Crippen molar-refractivity contribution < 1.29 is 18.0 Å². The van der Waals surface area contributed by atoms with Crippen molar-refractivity contribution in [3.8, 4) is 0 Å².